The number of aliphatic hydroxyl groups is 1. The number of aliphatic hydroxyl groups excluding tert-OH is 1. The molecule has 2 bridgehead atoms. The van der Waals surface area contributed by atoms with Gasteiger partial charge in [0.2, 0.25) is 11.8 Å². The second-order valence-corrected chi connectivity index (χ2v) is 15.1. The van der Waals surface area contributed by atoms with Crippen LogP contribution < -0.4 is 11.1 Å². The average Bonchev–Trinajstić information content (AvgIpc) is 3.52. The number of carboxylic acids is 1. The zero-order valence-electron chi connectivity index (χ0n) is 28.6. The number of aliphatic carboxylic acids is 1. The molecule has 0 radical (unpaired) electrons. The van der Waals surface area contributed by atoms with Gasteiger partial charge in [0, 0.05) is 33.9 Å². The van der Waals surface area contributed by atoms with Gasteiger partial charge in [-0.05, 0) is 71.7 Å². The van der Waals surface area contributed by atoms with Gasteiger partial charge in [0.05, 0.1) is 18.1 Å². The summed E-state index contributed by atoms with van der Waals surface area (Å²) in [4.78, 5) is 64.7. The molecule has 9 rings (SSSR count). The highest BCUT2D eigenvalue weighted by molar-refractivity contribution is 6.22. The highest BCUT2D eigenvalue weighted by atomic mass is 16.4. The summed E-state index contributed by atoms with van der Waals surface area (Å²) in [5.74, 6) is -3.14. The average molecular weight is 692 g/mol. The lowest BCUT2D eigenvalue weighted by Gasteiger charge is -2.55. The number of primary amides is 1. The van der Waals surface area contributed by atoms with Crippen LogP contribution in [0, 0.1) is 11.8 Å². The predicted octanol–water partition coefficient (Wildman–Crippen LogP) is 2.45. The van der Waals surface area contributed by atoms with Crippen molar-refractivity contribution >= 4 is 40.7 Å². The number of carboxylic acid groups (broad SMARTS) is 1. The van der Waals surface area contributed by atoms with E-state index in [0.29, 0.717) is 40.1 Å². The number of benzene rings is 3. The molecule has 5 heterocycles. The maximum atomic E-state index is 13.7. The number of fused-ring (bicyclic) bond motifs is 7. The minimum atomic E-state index is -1.19. The first-order valence-electron chi connectivity index (χ1n) is 17.5. The van der Waals surface area contributed by atoms with Crippen LogP contribution in [0.1, 0.15) is 51.3 Å². The molecule has 4 saturated heterocycles. The minimum Gasteiger partial charge on any atom is -0.477 e. The van der Waals surface area contributed by atoms with Crippen molar-refractivity contribution in [3.8, 4) is 11.1 Å². The van der Waals surface area contributed by atoms with Gasteiger partial charge in [-0.15, -0.1) is 0 Å². The van der Waals surface area contributed by atoms with Crippen LogP contribution in [0.15, 0.2) is 66.4 Å². The first-order chi connectivity index (χ1) is 24.3. The largest absolute Gasteiger partial charge is 0.477 e. The normalized spacial score (nSPS) is 27.8. The predicted molar refractivity (Wildman–Crippen MR) is 187 cm³/mol. The molecule has 3 amide bonds. The van der Waals surface area contributed by atoms with Gasteiger partial charge in [-0.2, -0.15) is 0 Å². The van der Waals surface area contributed by atoms with Gasteiger partial charge in [0.25, 0.3) is 5.91 Å². The summed E-state index contributed by atoms with van der Waals surface area (Å²) in [6.07, 6.45) is -0.885. The van der Waals surface area contributed by atoms with E-state index in [1.807, 2.05) is 25.1 Å². The molecular weight excluding hydrogens is 650 g/mol. The molecule has 0 unspecified atom stereocenters. The summed E-state index contributed by atoms with van der Waals surface area (Å²) in [5.41, 5.74) is 11.4. The number of piperazine rings is 3. The molecule has 12 nitrogen and oxygen atoms in total. The number of ketones is 1. The topological polar surface area (TPSA) is 167 Å². The number of amides is 3. The second-order valence-electron chi connectivity index (χ2n) is 15.1. The van der Waals surface area contributed by atoms with Crippen molar-refractivity contribution in [1.29, 1.82) is 0 Å². The first kappa shape index (κ1) is 33.0. The smallest absolute Gasteiger partial charge is 0.352 e. The Balaban J connectivity index is 0.972. The van der Waals surface area contributed by atoms with Crippen LogP contribution in [0.5, 0.6) is 0 Å². The van der Waals surface area contributed by atoms with Crippen LogP contribution in [0.3, 0.4) is 0 Å². The molecule has 4 atom stereocenters. The molecule has 1 aliphatic carbocycles. The maximum Gasteiger partial charge on any atom is 0.352 e. The van der Waals surface area contributed by atoms with Gasteiger partial charge in [-0.1, -0.05) is 25.1 Å². The SMILES string of the molecule is C[C@@H](O)[C@H]1C(=O)N2C(C(=O)O)=C(c3ccc4c(c3)-c3ccc(C[N+]56CC[N+](CC(=O)Nc7ccc(C(N)=O)cc7)(CC5)CC6)cc3C4=O)[C@H](C)[C@H]12. The Kier molecular flexibility index (Phi) is 7.56. The lowest BCUT2D eigenvalue weighted by Crippen LogP contribution is -2.75. The van der Waals surface area contributed by atoms with Crippen LogP contribution in [0.4, 0.5) is 5.69 Å². The van der Waals surface area contributed by atoms with E-state index in [2.05, 4.69) is 11.4 Å². The van der Waals surface area contributed by atoms with E-state index in [0.717, 1.165) is 71.5 Å². The Morgan fingerprint density at radius 1 is 0.882 bits per heavy atom. The fraction of sp³-hybridized carbons (Fsp3) is 0.359. The molecule has 0 aromatic heterocycles. The maximum absolute atomic E-state index is 13.7. The van der Waals surface area contributed by atoms with Crippen molar-refractivity contribution in [3.63, 3.8) is 0 Å². The minimum absolute atomic E-state index is 0.0501. The van der Waals surface area contributed by atoms with Gasteiger partial charge in [0.1, 0.15) is 51.5 Å². The van der Waals surface area contributed by atoms with E-state index in [1.54, 1.807) is 43.3 Å². The number of hydrogen-bond acceptors (Lipinski definition) is 6. The van der Waals surface area contributed by atoms with E-state index < -0.39 is 29.9 Å². The summed E-state index contributed by atoms with van der Waals surface area (Å²) in [5, 5.41) is 23.4. The van der Waals surface area contributed by atoms with E-state index in [4.69, 9.17) is 5.73 Å². The van der Waals surface area contributed by atoms with Crippen molar-refractivity contribution in [2.24, 2.45) is 17.6 Å². The van der Waals surface area contributed by atoms with Crippen molar-refractivity contribution in [2.75, 3.05) is 51.1 Å². The fourth-order valence-corrected chi connectivity index (χ4v) is 9.37. The van der Waals surface area contributed by atoms with Crippen LogP contribution >= 0.6 is 0 Å². The standard InChI is InChI=1S/C39H39N5O7/c1-21-32(35(39(50)51)42-34(21)33(22(2)45)38(42)49)25-6-10-28-29(18-25)27-9-3-23(17-30(27)36(28)47)19-43-11-14-44(15-12-43,16-13-43)20-31(46)41-26-7-4-24(5-8-26)37(40)48/h3-10,17-18,21-22,33-34,45H,11-16,19-20H2,1-2H3,(H2-2,40,41,46,48,50,51)/p+2/t21-,22+,33+,34+,43?,44?/m0/s1. The third-order valence-corrected chi connectivity index (χ3v) is 12.2. The van der Waals surface area contributed by atoms with E-state index in [1.165, 1.54) is 4.90 Å². The number of quaternary nitrogens is 2. The van der Waals surface area contributed by atoms with Crippen LogP contribution in [0.25, 0.3) is 16.7 Å². The molecule has 5 N–H and O–H groups in total. The van der Waals surface area contributed by atoms with E-state index >= 15 is 0 Å². The quantitative estimate of drug-likeness (QED) is 0.155. The number of carbonyl (C=O) groups is 5. The molecule has 51 heavy (non-hydrogen) atoms. The molecule has 262 valence electrons. The zero-order valence-corrected chi connectivity index (χ0v) is 28.6. The zero-order chi connectivity index (χ0) is 36.0. The van der Waals surface area contributed by atoms with Gasteiger partial charge >= 0.3 is 5.97 Å². The van der Waals surface area contributed by atoms with Gasteiger partial charge < -0.3 is 35.1 Å². The summed E-state index contributed by atoms with van der Waals surface area (Å²) in [7, 11) is 0. The fourth-order valence-electron chi connectivity index (χ4n) is 9.37. The van der Waals surface area contributed by atoms with Crippen LogP contribution in [-0.4, -0.2) is 112 Å². The van der Waals surface area contributed by atoms with Gasteiger partial charge in [-0.25, -0.2) is 4.79 Å². The monoisotopic (exact) mass is 691 g/mol. The molecule has 12 heteroatoms. The Hall–Kier alpha value is -5.17. The summed E-state index contributed by atoms with van der Waals surface area (Å²) < 4.78 is 1.66. The van der Waals surface area contributed by atoms with Crippen LogP contribution in [-0.2, 0) is 20.9 Å². The molecule has 5 aliphatic heterocycles. The Morgan fingerprint density at radius 3 is 2.16 bits per heavy atom. The van der Waals surface area contributed by atoms with Gasteiger partial charge in [0.15, 0.2) is 12.3 Å². The Labute approximate surface area is 294 Å². The highest BCUT2D eigenvalue weighted by Gasteiger charge is 2.60. The lowest BCUT2D eigenvalue weighted by atomic mass is 9.76. The second kappa shape index (κ2) is 11.7. The van der Waals surface area contributed by atoms with Crippen LogP contribution in [0.2, 0.25) is 0 Å². The molecule has 0 saturated carbocycles. The lowest BCUT2D eigenvalue weighted by molar-refractivity contribution is -1.08. The molecule has 4 fully saturated rings. The molecule has 3 aromatic rings. The number of nitrogens with one attached hydrogen (secondary N) is 1. The number of carbonyl (C=O) groups excluding carboxylic acids is 4. The number of hydrogen-bond donors (Lipinski definition) is 4. The Bertz CT molecular complexity index is 2060. The van der Waals surface area contributed by atoms with Gasteiger partial charge in [-0.3, -0.25) is 19.2 Å². The van der Waals surface area contributed by atoms with Crippen molar-refractivity contribution in [1.82, 2.24) is 4.90 Å². The van der Waals surface area contributed by atoms with E-state index in [9.17, 15) is 34.2 Å². The number of nitrogens with two attached hydrogens (primary N) is 1. The number of anilines is 1. The number of β-lactam (4-membered cyclic amide) rings is 1. The van der Waals surface area contributed by atoms with Crippen molar-refractivity contribution in [2.45, 2.75) is 32.5 Å². The van der Waals surface area contributed by atoms with Crippen molar-refractivity contribution < 1.29 is 43.2 Å². The van der Waals surface area contributed by atoms with Crippen molar-refractivity contribution in [3.05, 3.63) is 94.2 Å². The summed E-state index contributed by atoms with van der Waals surface area (Å²) >= 11 is 0. The first-order valence-corrected chi connectivity index (χ1v) is 17.5. The molecule has 6 aliphatic rings. The third kappa shape index (κ3) is 5.19. The third-order valence-electron chi connectivity index (χ3n) is 12.2. The highest BCUT2D eigenvalue weighted by Crippen LogP contribution is 2.51. The number of rotatable bonds is 9. The molecular formula is C39H41N5O7+2. The number of nitrogens with zero attached hydrogens (tertiary/aromatic N) is 3. The Morgan fingerprint density at radius 2 is 1.53 bits per heavy atom. The molecule has 3 aromatic carbocycles. The summed E-state index contributed by atoms with van der Waals surface area (Å²) in [6, 6.07) is 17.7. The van der Waals surface area contributed by atoms with E-state index in [-0.39, 0.29) is 29.2 Å². The summed E-state index contributed by atoms with van der Waals surface area (Å²) in [6.45, 7) is 10.1. The molecule has 0 spiro atoms.